The Balaban J connectivity index is 3.37. The van der Waals surface area contributed by atoms with Gasteiger partial charge in [0.15, 0.2) is 6.10 Å². The smallest absolute Gasteiger partial charge is 0.344 e. The molecule has 0 aromatic rings. The van der Waals surface area contributed by atoms with Gasteiger partial charge in [-0.15, -0.1) is 0 Å². The molecule has 0 aliphatic heterocycles. The summed E-state index contributed by atoms with van der Waals surface area (Å²) in [4.78, 5) is 22.0. The zero-order valence-corrected chi connectivity index (χ0v) is 16.0. The minimum Gasteiger partial charge on any atom is -0.479 e. The van der Waals surface area contributed by atoms with Crippen LogP contribution in [0, 0.1) is 0 Å². The minimum atomic E-state index is -1.10. The van der Waals surface area contributed by atoms with Crippen LogP contribution in [0.5, 0.6) is 0 Å². The number of aliphatic carboxylic acids is 1. The number of allylic oxidation sites excluding steroid dienone is 4. The average Bonchev–Trinajstić information content (AvgIpc) is 2.58. The van der Waals surface area contributed by atoms with E-state index in [0.717, 1.165) is 38.5 Å². The van der Waals surface area contributed by atoms with Gasteiger partial charge in [-0.25, -0.2) is 4.79 Å². The van der Waals surface area contributed by atoms with Gasteiger partial charge in [-0.05, 0) is 45.4 Å². The fourth-order valence-electron chi connectivity index (χ4n) is 2.39. The van der Waals surface area contributed by atoms with Gasteiger partial charge >= 0.3 is 11.9 Å². The molecule has 0 aromatic heterocycles. The van der Waals surface area contributed by atoms with Crippen molar-refractivity contribution in [2.45, 2.75) is 97.0 Å². The summed E-state index contributed by atoms with van der Waals surface area (Å²) in [5.41, 5.74) is 0. The Bertz CT molecular complexity index is 399. The van der Waals surface area contributed by atoms with Gasteiger partial charge in [0.25, 0.3) is 0 Å². The first-order chi connectivity index (χ1) is 12.1. The van der Waals surface area contributed by atoms with Crippen LogP contribution in [-0.4, -0.2) is 23.1 Å². The molecule has 0 unspecified atom stereocenters. The van der Waals surface area contributed by atoms with Crippen LogP contribution in [0.4, 0.5) is 0 Å². The summed E-state index contributed by atoms with van der Waals surface area (Å²) < 4.78 is 4.78. The summed E-state index contributed by atoms with van der Waals surface area (Å²) >= 11 is 0. The number of hydrogen-bond acceptors (Lipinski definition) is 3. The molecule has 0 aliphatic rings. The quantitative estimate of drug-likeness (QED) is 0.216. The van der Waals surface area contributed by atoms with Crippen molar-refractivity contribution in [1.29, 1.82) is 0 Å². The summed E-state index contributed by atoms with van der Waals surface area (Å²) in [5.74, 6) is -1.52. The largest absolute Gasteiger partial charge is 0.479 e. The van der Waals surface area contributed by atoms with Gasteiger partial charge in [0.05, 0.1) is 0 Å². The number of unbranched alkanes of at least 4 members (excludes halogenated alkanes) is 8. The van der Waals surface area contributed by atoms with E-state index in [4.69, 9.17) is 9.84 Å². The van der Waals surface area contributed by atoms with Crippen LogP contribution in [0.1, 0.15) is 90.9 Å². The fraction of sp³-hybridized carbons (Fsp3) is 0.714. The molecule has 0 aliphatic carbocycles. The third-order valence-corrected chi connectivity index (χ3v) is 3.99. The number of carboxylic acids is 1. The molecule has 0 spiro atoms. The number of rotatable bonds is 16. The Morgan fingerprint density at radius 2 is 1.44 bits per heavy atom. The second-order valence-electron chi connectivity index (χ2n) is 6.45. The van der Waals surface area contributed by atoms with E-state index in [1.54, 1.807) is 0 Å². The van der Waals surface area contributed by atoms with Crippen molar-refractivity contribution >= 4 is 11.9 Å². The molecular weight excluding hydrogens is 316 g/mol. The zero-order chi connectivity index (χ0) is 18.8. The van der Waals surface area contributed by atoms with Crippen LogP contribution in [-0.2, 0) is 14.3 Å². The normalized spacial score (nSPS) is 12.7. The van der Waals surface area contributed by atoms with Gasteiger partial charge < -0.3 is 9.84 Å². The van der Waals surface area contributed by atoms with Gasteiger partial charge in [0, 0.05) is 6.42 Å². The highest BCUT2D eigenvalue weighted by molar-refractivity contribution is 5.77. The first-order valence-electron chi connectivity index (χ1n) is 9.80. The number of carbonyl (C=O) groups excluding carboxylic acids is 1. The van der Waals surface area contributed by atoms with Gasteiger partial charge in [0.1, 0.15) is 0 Å². The second-order valence-corrected chi connectivity index (χ2v) is 6.45. The van der Waals surface area contributed by atoms with Gasteiger partial charge in [-0.2, -0.15) is 0 Å². The molecule has 0 amide bonds. The van der Waals surface area contributed by atoms with E-state index in [2.05, 4.69) is 31.2 Å². The van der Waals surface area contributed by atoms with Crippen molar-refractivity contribution in [1.82, 2.24) is 0 Å². The number of ether oxygens (including phenoxy) is 1. The maximum absolute atomic E-state index is 11.4. The fourth-order valence-corrected chi connectivity index (χ4v) is 2.39. The SMILES string of the molecule is CCCCC/C=C\C/C=C\CCCCCCCC(=O)O[C@H](C)C(=O)O. The van der Waals surface area contributed by atoms with Crippen molar-refractivity contribution in [3.05, 3.63) is 24.3 Å². The average molecular weight is 353 g/mol. The molecule has 25 heavy (non-hydrogen) atoms. The molecule has 0 heterocycles. The van der Waals surface area contributed by atoms with Gasteiger partial charge in [-0.3, -0.25) is 4.79 Å². The molecule has 4 heteroatoms. The Hall–Kier alpha value is -1.58. The van der Waals surface area contributed by atoms with Crippen LogP contribution < -0.4 is 0 Å². The van der Waals surface area contributed by atoms with E-state index < -0.39 is 18.0 Å². The molecule has 4 nitrogen and oxygen atoms in total. The van der Waals surface area contributed by atoms with Gasteiger partial charge in [-0.1, -0.05) is 63.3 Å². The number of carbonyl (C=O) groups is 2. The monoisotopic (exact) mass is 352 g/mol. The Morgan fingerprint density at radius 1 is 0.880 bits per heavy atom. The van der Waals surface area contributed by atoms with E-state index in [-0.39, 0.29) is 0 Å². The molecule has 0 saturated carbocycles. The summed E-state index contributed by atoms with van der Waals surface area (Å²) in [5, 5.41) is 8.65. The third kappa shape index (κ3) is 17.0. The van der Waals surface area contributed by atoms with E-state index >= 15 is 0 Å². The summed E-state index contributed by atoms with van der Waals surface area (Å²) in [6.45, 7) is 3.60. The van der Waals surface area contributed by atoms with Crippen molar-refractivity contribution < 1.29 is 19.4 Å². The van der Waals surface area contributed by atoms with Crippen molar-refractivity contribution in [3.8, 4) is 0 Å². The maximum Gasteiger partial charge on any atom is 0.344 e. The van der Waals surface area contributed by atoms with Crippen molar-refractivity contribution in [3.63, 3.8) is 0 Å². The first kappa shape index (κ1) is 23.4. The van der Waals surface area contributed by atoms with Crippen molar-refractivity contribution in [2.75, 3.05) is 0 Å². The van der Waals surface area contributed by atoms with E-state index in [1.165, 1.54) is 39.0 Å². The van der Waals surface area contributed by atoms with Gasteiger partial charge in [0.2, 0.25) is 0 Å². The molecule has 0 fully saturated rings. The van der Waals surface area contributed by atoms with E-state index in [9.17, 15) is 9.59 Å². The second kappa shape index (κ2) is 17.2. The lowest BCUT2D eigenvalue weighted by atomic mass is 10.1. The molecule has 144 valence electrons. The highest BCUT2D eigenvalue weighted by atomic mass is 16.6. The first-order valence-corrected chi connectivity index (χ1v) is 9.80. The lowest BCUT2D eigenvalue weighted by molar-refractivity contribution is -0.162. The molecule has 0 saturated heterocycles. The Morgan fingerprint density at radius 3 is 2.04 bits per heavy atom. The maximum atomic E-state index is 11.4. The molecule has 0 rings (SSSR count). The summed E-state index contributed by atoms with van der Waals surface area (Å²) in [6.07, 6.45) is 20.7. The molecule has 0 radical (unpaired) electrons. The lowest BCUT2D eigenvalue weighted by Crippen LogP contribution is -2.23. The Kier molecular flexibility index (Phi) is 16.2. The number of carboxylic acid groups (broad SMARTS) is 1. The lowest BCUT2D eigenvalue weighted by Gasteiger charge is -2.08. The summed E-state index contributed by atoms with van der Waals surface area (Å²) in [7, 11) is 0. The van der Waals surface area contributed by atoms with Crippen LogP contribution >= 0.6 is 0 Å². The molecular formula is C21H36O4. The molecule has 1 atom stereocenters. The van der Waals surface area contributed by atoms with E-state index in [1.807, 2.05) is 0 Å². The van der Waals surface area contributed by atoms with E-state index in [0.29, 0.717) is 6.42 Å². The molecule has 1 N–H and O–H groups in total. The third-order valence-electron chi connectivity index (χ3n) is 3.99. The topological polar surface area (TPSA) is 63.6 Å². The predicted octanol–water partition coefficient (Wildman–Crippen LogP) is 5.82. The minimum absolute atomic E-state index is 0.308. The molecule has 0 bridgehead atoms. The highest BCUT2D eigenvalue weighted by Gasteiger charge is 2.15. The number of esters is 1. The number of hydrogen-bond donors (Lipinski definition) is 1. The summed E-state index contributed by atoms with van der Waals surface area (Å²) in [6, 6.07) is 0. The van der Waals surface area contributed by atoms with Crippen LogP contribution in [0.2, 0.25) is 0 Å². The predicted molar refractivity (Wildman–Crippen MR) is 103 cm³/mol. The zero-order valence-electron chi connectivity index (χ0n) is 16.0. The standard InChI is InChI=1S/C21H36O4/c1-3-4-5-6-7-8-9-10-11-12-13-14-15-16-17-18-20(22)25-19(2)21(23)24/h7-8,10-11,19H,3-6,9,12-18H2,1-2H3,(H,23,24)/b8-7-,11-10-/t19-/m1/s1. The van der Waals surface area contributed by atoms with Crippen LogP contribution in [0.15, 0.2) is 24.3 Å². The van der Waals surface area contributed by atoms with Crippen LogP contribution in [0.25, 0.3) is 0 Å². The molecule has 0 aromatic carbocycles. The highest BCUT2D eigenvalue weighted by Crippen LogP contribution is 2.09. The Labute approximate surface area is 153 Å². The van der Waals surface area contributed by atoms with Crippen molar-refractivity contribution in [2.24, 2.45) is 0 Å². The van der Waals surface area contributed by atoms with Crippen LogP contribution in [0.3, 0.4) is 0 Å².